The molecule has 1 atom stereocenters. The van der Waals surface area contributed by atoms with Gasteiger partial charge in [0.2, 0.25) is 0 Å². The second-order valence-corrected chi connectivity index (χ2v) is 10.5. The molecule has 1 amide bonds. The van der Waals surface area contributed by atoms with E-state index >= 15 is 0 Å². The van der Waals surface area contributed by atoms with Crippen LogP contribution in [0.25, 0.3) is 21.6 Å². The summed E-state index contributed by atoms with van der Waals surface area (Å²) in [7, 11) is 1.67. The van der Waals surface area contributed by atoms with Crippen molar-refractivity contribution in [1.82, 2.24) is 14.9 Å². The van der Waals surface area contributed by atoms with Crippen LogP contribution in [0.2, 0.25) is 0 Å². The molecule has 4 aromatic rings. The number of hydrogen-bond acceptors (Lipinski definition) is 7. The highest BCUT2D eigenvalue weighted by Gasteiger charge is 2.29. The maximum Gasteiger partial charge on any atom is 0.289 e. The molecule has 6 rings (SSSR count). The van der Waals surface area contributed by atoms with Gasteiger partial charge in [0, 0.05) is 36.6 Å². The van der Waals surface area contributed by atoms with Crippen molar-refractivity contribution in [3.8, 4) is 17.1 Å². The van der Waals surface area contributed by atoms with Gasteiger partial charge in [0.05, 0.1) is 18.8 Å². The highest BCUT2D eigenvalue weighted by Crippen LogP contribution is 2.42. The predicted molar refractivity (Wildman–Crippen MR) is 137 cm³/mol. The molecule has 4 heterocycles. The number of furan rings is 1. The Morgan fingerprint density at radius 3 is 2.63 bits per heavy atom. The topological polar surface area (TPSA) is 71.7 Å². The molecule has 1 saturated heterocycles. The van der Waals surface area contributed by atoms with E-state index in [1.165, 1.54) is 22.2 Å². The summed E-state index contributed by atoms with van der Waals surface area (Å²) < 4.78 is 10.7. The van der Waals surface area contributed by atoms with Crippen molar-refractivity contribution >= 4 is 33.3 Å². The second kappa shape index (κ2) is 9.00. The number of aryl methyl sites for hydroxylation is 1. The molecule has 1 aliphatic heterocycles. The predicted octanol–water partition coefficient (Wildman–Crippen LogP) is 5.05. The van der Waals surface area contributed by atoms with Crippen molar-refractivity contribution < 1.29 is 13.9 Å². The van der Waals surface area contributed by atoms with Crippen LogP contribution in [0.3, 0.4) is 0 Å². The maximum absolute atomic E-state index is 12.8. The molecule has 35 heavy (non-hydrogen) atoms. The molecule has 1 aliphatic carbocycles. The number of piperazine rings is 1. The van der Waals surface area contributed by atoms with Gasteiger partial charge in [-0.05, 0) is 67.1 Å². The third kappa shape index (κ3) is 4.05. The molecule has 0 N–H and O–H groups in total. The summed E-state index contributed by atoms with van der Waals surface area (Å²) in [5, 5.41) is 1.21. The van der Waals surface area contributed by atoms with Crippen LogP contribution in [0.5, 0.6) is 5.75 Å². The van der Waals surface area contributed by atoms with Crippen LogP contribution >= 0.6 is 11.3 Å². The van der Waals surface area contributed by atoms with Crippen LogP contribution in [-0.2, 0) is 12.8 Å². The zero-order valence-corrected chi connectivity index (χ0v) is 20.8. The number of benzene rings is 1. The molecule has 0 radical (unpaired) electrons. The molecular weight excluding hydrogens is 460 g/mol. The van der Waals surface area contributed by atoms with E-state index < -0.39 is 0 Å². The van der Waals surface area contributed by atoms with Gasteiger partial charge >= 0.3 is 0 Å². The Hall–Kier alpha value is -3.39. The zero-order chi connectivity index (χ0) is 23.9. The standard InChI is InChI=1S/C27H28N4O3S/c1-17-5-10-20-22(16-17)35-26-23(20)25(28-24(29-26)18-6-8-19(33-2)9-7-18)30-11-13-31(14-12-30)27(32)21-4-3-15-34-21/h3-4,6-9,15,17H,5,10-14,16H2,1-2H3. The fraction of sp³-hybridized carbons (Fsp3) is 0.370. The van der Waals surface area contributed by atoms with Crippen LogP contribution < -0.4 is 9.64 Å². The summed E-state index contributed by atoms with van der Waals surface area (Å²) in [6.07, 6.45) is 4.93. The third-order valence-corrected chi connectivity index (χ3v) is 8.23. The zero-order valence-electron chi connectivity index (χ0n) is 20.0. The van der Waals surface area contributed by atoms with E-state index in [0.717, 1.165) is 53.7 Å². The lowest BCUT2D eigenvalue weighted by Crippen LogP contribution is -2.49. The van der Waals surface area contributed by atoms with Crippen molar-refractivity contribution in [2.24, 2.45) is 5.92 Å². The maximum atomic E-state index is 12.8. The van der Waals surface area contributed by atoms with Gasteiger partial charge in [0.15, 0.2) is 11.6 Å². The van der Waals surface area contributed by atoms with Crippen molar-refractivity contribution in [2.45, 2.75) is 26.2 Å². The summed E-state index contributed by atoms with van der Waals surface area (Å²) in [4.78, 5) is 29.6. The molecule has 0 bridgehead atoms. The van der Waals surface area contributed by atoms with Crippen molar-refractivity contribution in [2.75, 3.05) is 38.2 Å². The number of aromatic nitrogens is 2. The summed E-state index contributed by atoms with van der Waals surface area (Å²) in [6, 6.07) is 11.4. The Morgan fingerprint density at radius 2 is 1.91 bits per heavy atom. The van der Waals surface area contributed by atoms with E-state index in [2.05, 4.69) is 11.8 Å². The van der Waals surface area contributed by atoms with Gasteiger partial charge in [0.25, 0.3) is 5.91 Å². The molecule has 8 heteroatoms. The molecule has 180 valence electrons. The van der Waals surface area contributed by atoms with Gasteiger partial charge in [-0.15, -0.1) is 11.3 Å². The Kier molecular flexibility index (Phi) is 5.68. The first-order valence-corrected chi connectivity index (χ1v) is 13.0. The van der Waals surface area contributed by atoms with Crippen LogP contribution in [0, 0.1) is 5.92 Å². The van der Waals surface area contributed by atoms with Gasteiger partial charge in [-0.2, -0.15) is 0 Å². The number of hydrogen-bond donors (Lipinski definition) is 0. The van der Waals surface area contributed by atoms with Crippen molar-refractivity contribution in [3.63, 3.8) is 0 Å². The monoisotopic (exact) mass is 488 g/mol. The Bertz CT molecular complexity index is 1360. The molecule has 1 aromatic carbocycles. The minimum atomic E-state index is -0.0525. The van der Waals surface area contributed by atoms with Crippen molar-refractivity contribution in [1.29, 1.82) is 0 Å². The van der Waals surface area contributed by atoms with Crippen LogP contribution in [0.1, 0.15) is 34.3 Å². The van der Waals surface area contributed by atoms with Gasteiger partial charge in [0.1, 0.15) is 16.4 Å². The first-order valence-electron chi connectivity index (χ1n) is 12.1. The molecule has 1 unspecified atom stereocenters. The average Bonchev–Trinajstić information content (AvgIpc) is 3.56. The minimum absolute atomic E-state index is 0.0525. The Morgan fingerprint density at radius 1 is 1.11 bits per heavy atom. The van der Waals surface area contributed by atoms with E-state index in [0.29, 0.717) is 24.8 Å². The number of carbonyl (C=O) groups excluding carboxylic acids is 1. The van der Waals surface area contributed by atoms with Gasteiger partial charge in [-0.25, -0.2) is 9.97 Å². The summed E-state index contributed by atoms with van der Waals surface area (Å²) in [5.41, 5.74) is 2.40. The molecule has 1 fully saturated rings. The van der Waals surface area contributed by atoms with Crippen LogP contribution in [0.15, 0.2) is 47.1 Å². The quantitative estimate of drug-likeness (QED) is 0.400. The largest absolute Gasteiger partial charge is 0.497 e. The van der Waals surface area contributed by atoms with E-state index in [1.54, 1.807) is 25.5 Å². The average molecular weight is 489 g/mol. The number of fused-ring (bicyclic) bond motifs is 3. The lowest BCUT2D eigenvalue weighted by atomic mass is 9.89. The summed E-state index contributed by atoms with van der Waals surface area (Å²) in [6.45, 7) is 5.04. The lowest BCUT2D eigenvalue weighted by Gasteiger charge is -2.35. The van der Waals surface area contributed by atoms with Gasteiger partial charge in [-0.3, -0.25) is 4.79 Å². The molecule has 3 aromatic heterocycles. The number of anilines is 1. The molecule has 7 nitrogen and oxygen atoms in total. The number of ether oxygens (including phenoxy) is 1. The SMILES string of the molecule is COc1ccc(-c2nc(N3CCN(C(=O)c4ccco4)CC3)c3c4c(sc3n2)CC(C)CC4)cc1. The van der Waals surface area contributed by atoms with E-state index in [1.807, 2.05) is 40.5 Å². The van der Waals surface area contributed by atoms with Crippen molar-refractivity contribution in [3.05, 3.63) is 58.9 Å². The van der Waals surface area contributed by atoms with Gasteiger partial charge in [-0.1, -0.05) is 6.92 Å². The summed E-state index contributed by atoms with van der Waals surface area (Å²) >= 11 is 1.82. The number of methoxy groups -OCH3 is 1. The number of carbonyl (C=O) groups is 1. The van der Waals surface area contributed by atoms with Crippen LogP contribution in [0.4, 0.5) is 5.82 Å². The third-order valence-electron chi connectivity index (χ3n) is 7.08. The number of rotatable bonds is 4. The number of thiophene rings is 1. The van der Waals surface area contributed by atoms with Gasteiger partial charge < -0.3 is 19.0 Å². The fourth-order valence-electron chi connectivity index (χ4n) is 5.10. The molecular formula is C27H28N4O3S. The molecule has 0 saturated carbocycles. The van der Waals surface area contributed by atoms with E-state index in [-0.39, 0.29) is 5.91 Å². The smallest absolute Gasteiger partial charge is 0.289 e. The Balaban J connectivity index is 1.37. The normalized spacial score (nSPS) is 18.1. The minimum Gasteiger partial charge on any atom is -0.497 e. The highest BCUT2D eigenvalue weighted by atomic mass is 32.1. The Labute approximate surface area is 208 Å². The fourth-order valence-corrected chi connectivity index (χ4v) is 6.48. The summed E-state index contributed by atoms with van der Waals surface area (Å²) in [5.74, 6) is 3.58. The lowest BCUT2D eigenvalue weighted by molar-refractivity contribution is 0.0714. The molecule has 2 aliphatic rings. The first kappa shape index (κ1) is 22.1. The second-order valence-electron chi connectivity index (χ2n) is 9.39. The molecule has 0 spiro atoms. The number of nitrogens with zero attached hydrogens (tertiary/aromatic N) is 4. The van der Waals surface area contributed by atoms with E-state index in [9.17, 15) is 4.79 Å². The van der Waals surface area contributed by atoms with E-state index in [4.69, 9.17) is 19.1 Å². The first-order chi connectivity index (χ1) is 17.1. The number of amides is 1. The highest BCUT2D eigenvalue weighted by molar-refractivity contribution is 7.19. The van der Waals surface area contributed by atoms with Crippen LogP contribution in [-0.4, -0.2) is 54.1 Å².